The van der Waals surface area contributed by atoms with E-state index < -0.39 is 5.60 Å². The number of ether oxygens (including phenoxy) is 2. The third kappa shape index (κ3) is 4.44. The zero-order chi connectivity index (χ0) is 16.3. The standard InChI is InChI=1S/C16H26N2O3S/c1-11(12-6-7-22-10-12)17-13-8-18(9-14(13)20-5)15(19)21-16(2,3)4/h6-7,10-11,13-14,17H,8-9H2,1-5H3/t11?,13?,14-/m0/s1. The fourth-order valence-electron chi connectivity index (χ4n) is 2.59. The van der Waals surface area contributed by atoms with Gasteiger partial charge < -0.3 is 19.7 Å². The molecule has 1 aliphatic rings. The van der Waals surface area contributed by atoms with E-state index in [1.165, 1.54) is 5.56 Å². The van der Waals surface area contributed by atoms with Gasteiger partial charge in [0.15, 0.2) is 0 Å². The quantitative estimate of drug-likeness (QED) is 0.924. The Labute approximate surface area is 136 Å². The summed E-state index contributed by atoms with van der Waals surface area (Å²) in [6, 6.07) is 2.45. The van der Waals surface area contributed by atoms with Gasteiger partial charge in [-0.2, -0.15) is 11.3 Å². The highest BCUT2D eigenvalue weighted by Crippen LogP contribution is 2.22. The van der Waals surface area contributed by atoms with Crippen LogP contribution in [0.2, 0.25) is 0 Å². The van der Waals surface area contributed by atoms with Gasteiger partial charge in [-0.25, -0.2) is 4.79 Å². The van der Waals surface area contributed by atoms with Gasteiger partial charge in [0.25, 0.3) is 0 Å². The number of nitrogens with one attached hydrogen (secondary N) is 1. The molecule has 22 heavy (non-hydrogen) atoms. The molecule has 0 radical (unpaired) electrons. The van der Waals surface area contributed by atoms with Gasteiger partial charge in [-0.05, 0) is 50.1 Å². The summed E-state index contributed by atoms with van der Waals surface area (Å²) in [5, 5.41) is 7.77. The van der Waals surface area contributed by atoms with Crippen LogP contribution < -0.4 is 5.32 Å². The maximum Gasteiger partial charge on any atom is 0.410 e. The second-order valence-electron chi connectivity index (χ2n) is 6.71. The number of amides is 1. The fourth-order valence-corrected chi connectivity index (χ4v) is 3.34. The smallest absolute Gasteiger partial charge is 0.410 e. The maximum absolute atomic E-state index is 12.2. The first-order chi connectivity index (χ1) is 10.3. The molecule has 3 atom stereocenters. The number of hydrogen-bond acceptors (Lipinski definition) is 5. The second-order valence-corrected chi connectivity index (χ2v) is 7.49. The predicted molar refractivity (Wildman–Crippen MR) is 88.3 cm³/mol. The van der Waals surface area contributed by atoms with Crippen molar-refractivity contribution in [1.29, 1.82) is 0 Å². The molecule has 1 amide bonds. The topological polar surface area (TPSA) is 50.8 Å². The SMILES string of the molecule is CO[C@H]1CN(C(=O)OC(C)(C)C)CC1NC(C)c1ccsc1. The number of rotatable bonds is 4. The molecule has 1 fully saturated rings. The molecule has 6 heteroatoms. The predicted octanol–water partition coefficient (Wildman–Crippen LogP) is 3.03. The molecule has 1 aromatic rings. The Morgan fingerprint density at radius 1 is 1.45 bits per heavy atom. The van der Waals surface area contributed by atoms with Gasteiger partial charge in [0.1, 0.15) is 5.60 Å². The Morgan fingerprint density at radius 3 is 2.73 bits per heavy atom. The summed E-state index contributed by atoms with van der Waals surface area (Å²) >= 11 is 1.69. The van der Waals surface area contributed by atoms with Crippen LogP contribution in [0.15, 0.2) is 16.8 Å². The van der Waals surface area contributed by atoms with Gasteiger partial charge >= 0.3 is 6.09 Å². The molecule has 0 saturated carbocycles. The Bertz CT molecular complexity index is 484. The second kappa shape index (κ2) is 6.98. The van der Waals surface area contributed by atoms with Crippen LogP contribution in [0, 0.1) is 0 Å². The van der Waals surface area contributed by atoms with Crippen molar-refractivity contribution in [2.45, 2.75) is 51.5 Å². The van der Waals surface area contributed by atoms with Crippen molar-refractivity contribution in [2.75, 3.05) is 20.2 Å². The Morgan fingerprint density at radius 2 is 2.18 bits per heavy atom. The summed E-state index contributed by atoms with van der Waals surface area (Å²) in [7, 11) is 1.69. The molecule has 2 rings (SSSR count). The van der Waals surface area contributed by atoms with E-state index in [1.807, 2.05) is 20.8 Å². The average Bonchev–Trinajstić information content (AvgIpc) is 3.05. The Balaban J connectivity index is 1.96. The Kier molecular flexibility index (Phi) is 5.47. The zero-order valence-corrected chi connectivity index (χ0v) is 14.8. The van der Waals surface area contributed by atoms with Crippen LogP contribution in [0.4, 0.5) is 4.79 Å². The van der Waals surface area contributed by atoms with Crippen molar-refractivity contribution >= 4 is 17.4 Å². The molecule has 5 nitrogen and oxygen atoms in total. The minimum absolute atomic E-state index is 0.0198. The molecule has 1 N–H and O–H groups in total. The average molecular weight is 326 g/mol. The van der Waals surface area contributed by atoms with E-state index in [4.69, 9.17) is 9.47 Å². The number of carbonyl (C=O) groups excluding carboxylic acids is 1. The summed E-state index contributed by atoms with van der Waals surface area (Å²) in [4.78, 5) is 13.9. The summed E-state index contributed by atoms with van der Waals surface area (Å²) < 4.78 is 11.0. The van der Waals surface area contributed by atoms with E-state index in [-0.39, 0.29) is 24.3 Å². The third-order valence-electron chi connectivity index (χ3n) is 3.73. The highest BCUT2D eigenvalue weighted by atomic mass is 32.1. The van der Waals surface area contributed by atoms with E-state index in [2.05, 4.69) is 29.1 Å². The van der Waals surface area contributed by atoms with Gasteiger partial charge in [0.2, 0.25) is 0 Å². The molecule has 0 bridgehead atoms. The molecule has 1 saturated heterocycles. The van der Waals surface area contributed by atoms with Crippen LogP contribution in [0.3, 0.4) is 0 Å². The molecule has 1 aliphatic heterocycles. The molecule has 1 aromatic heterocycles. The first-order valence-corrected chi connectivity index (χ1v) is 8.53. The summed E-state index contributed by atoms with van der Waals surface area (Å²) in [5.41, 5.74) is 0.783. The minimum Gasteiger partial charge on any atom is -0.444 e. The van der Waals surface area contributed by atoms with Gasteiger partial charge in [-0.3, -0.25) is 0 Å². The number of carbonyl (C=O) groups is 1. The zero-order valence-electron chi connectivity index (χ0n) is 14.0. The van der Waals surface area contributed by atoms with E-state index in [1.54, 1.807) is 23.3 Å². The summed E-state index contributed by atoms with van der Waals surface area (Å²) in [5.74, 6) is 0. The highest BCUT2D eigenvalue weighted by Gasteiger charge is 2.37. The van der Waals surface area contributed by atoms with Crippen molar-refractivity contribution in [2.24, 2.45) is 0 Å². The van der Waals surface area contributed by atoms with Crippen LogP contribution >= 0.6 is 11.3 Å². The van der Waals surface area contributed by atoms with Crippen molar-refractivity contribution < 1.29 is 14.3 Å². The van der Waals surface area contributed by atoms with Crippen LogP contribution in [-0.4, -0.2) is 48.9 Å². The number of nitrogens with zero attached hydrogens (tertiary/aromatic N) is 1. The van der Waals surface area contributed by atoms with Crippen molar-refractivity contribution in [3.63, 3.8) is 0 Å². The van der Waals surface area contributed by atoms with Crippen LogP contribution in [-0.2, 0) is 9.47 Å². The van der Waals surface area contributed by atoms with E-state index in [0.29, 0.717) is 13.1 Å². The molecular weight excluding hydrogens is 300 g/mol. The normalized spacial score (nSPS) is 23.6. The largest absolute Gasteiger partial charge is 0.444 e. The van der Waals surface area contributed by atoms with Crippen molar-refractivity contribution in [1.82, 2.24) is 10.2 Å². The lowest BCUT2D eigenvalue weighted by atomic mass is 10.1. The monoisotopic (exact) mass is 326 g/mol. The first kappa shape index (κ1) is 17.2. The van der Waals surface area contributed by atoms with E-state index >= 15 is 0 Å². The summed E-state index contributed by atoms with van der Waals surface area (Å²) in [6.07, 6.45) is -0.296. The molecule has 0 spiro atoms. The van der Waals surface area contributed by atoms with Crippen molar-refractivity contribution in [3.05, 3.63) is 22.4 Å². The molecule has 0 aromatic carbocycles. The van der Waals surface area contributed by atoms with Gasteiger partial charge in [-0.1, -0.05) is 0 Å². The first-order valence-electron chi connectivity index (χ1n) is 7.59. The third-order valence-corrected chi connectivity index (χ3v) is 4.43. The number of methoxy groups -OCH3 is 1. The lowest BCUT2D eigenvalue weighted by Crippen LogP contribution is -2.41. The molecule has 2 unspecified atom stereocenters. The minimum atomic E-state index is -0.477. The molecule has 124 valence electrons. The lowest BCUT2D eigenvalue weighted by molar-refractivity contribution is 0.0252. The van der Waals surface area contributed by atoms with Gasteiger partial charge in [0, 0.05) is 19.7 Å². The van der Waals surface area contributed by atoms with E-state index in [9.17, 15) is 4.79 Å². The molecular formula is C16H26N2O3S. The van der Waals surface area contributed by atoms with Crippen LogP contribution in [0.25, 0.3) is 0 Å². The molecule has 0 aliphatic carbocycles. The maximum atomic E-state index is 12.2. The Hall–Kier alpha value is -1.11. The summed E-state index contributed by atoms with van der Waals surface area (Å²) in [6.45, 7) is 8.92. The lowest BCUT2D eigenvalue weighted by Gasteiger charge is -2.24. The fraction of sp³-hybridized carbons (Fsp3) is 0.688. The van der Waals surface area contributed by atoms with Gasteiger partial charge in [0.05, 0.1) is 18.7 Å². The van der Waals surface area contributed by atoms with Crippen LogP contribution in [0.1, 0.15) is 39.3 Å². The number of hydrogen-bond donors (Lipinski definition) is 1. The number of thiophene rings is 1. The van der Waals surface area contributed by atoms with Gasteiger partial charge in [-0.15, -0.1) is 0 Å². The van der Waals surface area contributed by atoms with Crippen LogP contribution in [0.5, 0.6) is 0 Å². The van der Waals surface area contributed by atoms with E-state index in [0.717, 1.165) is 0 Å². The molecule has 2 heterocycles. The highest BCUT2D eigenvalue weighted by molar-refractivity contribution is 7.07. The van der Waals surface area contributed by atoms with Crippen molar-refractivity contribution in [3.8, 4) is 0 Å². The number of likely N-dealkylation sites (tertiary alicyclic amines) is 1.